The monoisotopic (exact) mass is 346 g/mol. The molecule has 0 atom stereocenters. The Balaban J connectivity index is 1.63. The third kappa shape index (κ3) is 3.25. The predicted molar refractivity (Wildman–Crippen MR) is 103 cm³/mol. The standard InChI is InChI=1S/C21H22N4O/c1-24(14-16-7-3-2-4-8-16)21(26)17-9-10-19-18(13-17)20(23-15-22-19)25-11-5-6-12-25/h2-4,7-10,13,15H,5-6,11-12,14H2,1H3. The van der Waals surface area contributed by atoms with Crippen LogP contribution in [-0.4, -0.2) is 40.9 Å². The fourth-order valence-corrected chi connectivity index (χ4v) is 3.51. The molecule has 0 radical (unpaired) electrons. The van der Waals surface area contributed by atoms with Crippen LogP contribution in [0.3, 0.4) is 0 Å². The van der Waals surface area contributed by atoms with Crippen LogP contribution in [0.4, 0.5) is 5.82 Å². The molecule has 0 saturated carbocycles. The molecule has 5 nitrogen and oxygen atoms in total. The van der Waals surface area contributed by atoms with Crippen LogP contribution in [0, 0.1) is 0 Å². The second-order valence-electron chi connectivity index (χ2n) is 6.77. The summed E-state index contributed by atoms with van der Waals surface area (Å²) in [6.07, 6.45) is 3.98. The van der Waals surface area contributed by atoms with Crippen LogP contribution >= 0.6 is 0 Å². The van der Waals surface area contributed by atoms with Gasteiger partial charge in [0.2, 0.25) is 0 Å². The molecule has 5 heteroatoms. The number of nitrogens with zero attached hydrogens (tertiary/aromatic N) is 4. The van der Waals surface area contributed by atoms with Gasteiger partial charge in [-0.05, 0) is 36.6 Å². The normalized spacial score (nSPS) is 14.0. The highest BCUT2D eigenvalue weighted by atomic mass is 16.2. The number of carbonyl (C=O) groups is 1. The third-order valence-electron chi connectivity index (χ3n) is 4.88. The first-order valence-corrected chi connectivity index (χ1v) is 9.01. The molecule has 26 heavy (non-hydrogen) atoms. The molecule has 4 rings (SSSR count). The van der Waals surface area contributed by atoms with Gasteiger partial charge in [-0.1, -0.05) is 30.3 Å². The first kappa shape index (κ1) is 16.5. The summed E-state index contributed by atoms with van der Waals surface area (Å²) in [6.45, 7) is 2.61. The predicted octanol–water partition coefficient (Wildman–Crippen LogP) is 3.50. The highest BCUT2D eigenvalue weighted by molar-refractivity contribution is 6.00. The number of fused-ring (bicyclic) bond motifs is 1. The minimum absolute atomic E-state index is 0.00646. The van der Waals surface area contributed by atoms with Crippen LogP contribution in [0.15, 0.2) is 54.9 Å². The average Bonchev–Trinajstić information content (AvgIpc) is 3.22. The van der Waals surface area contributed by atoms with Crippen LogP contribution in [-0.2, 0) is 6.54 Å². The molecule has 0 spiro atoms. The second kappa shape index (κ2) is 7.12. The van der Waals surface area contributed by atoms with Crippen molar-refractivity contribution in [3.8, 4) is 0 Å². The zero-order chi connectivity index (χ0) is 17.9. The lowest BCUT2D eigenvalue weighted by atomic mass is 10.1. The van der Waals surface area contributed by atoms with Crippen LogP contribution in [0.1, 0.15) is 28.8 Å². The molecule has 0 aliphatic carbocycles. The van der Waals surface area contributed by atoms with E-state index in [9.17, 15) is 4.79 Å². The smallest absolute Gasteiger partial charge is 0.253 e. The molecule has 1 aliphatic rings. The summed E-state index contributed by atoms with van der Waals surface area (Å²) in [4.78, 5) is 25.8. The summed E-state index contributed by atoms with van der Waals surface area (Å²) in [5, 5.41) is 0.952. The Kier molecular flexibility index (Phi) is 4.52. The van der Waals surface area contributed by atoms with Gasteiger partial charge in [0.25, 0.3) is 5.91 Å². The minimum atomic E-state index is 0.00646. The van der Waals surface area contributed by atoms with Gasteiger partial charge >= 0.3 is 0 Å². The maximum Gasteiger partial charge on any atom is 0.253 e. The Morgan fingerprint density at radius 3 is 2.62 bits per heavy atom. The van der Waals surface area contributed by atoms with E-state index in [0.29, 0.717) is 12.1 Å². The molecule has 1 fully saturated rings. The van der Waals surface area contributed by atoms with Crippen LogP contribution in [0.25, 0.3) is 10.9 Å². The van der Waals surface area contributed by atoms with Crippen molar-refractivity contribution in [3.63, 3.8) is 0 Å². The number of carbonyl (C=O) groups excluding carboxylic acids is 1. The highest BCUT2D eigenvalue weighted by Crippen LogP contribution is 2.27. The summed E-state index contributed by atoms with van der Waals surface area (Å²) >= 11 is 0. The van der Waals surface area contributed by atoms with E-state index in [-0.39, 0.29) is 5.91 Å². The van der Waals surface area contributed by atoms with E-state index >= 15 is 0 Å². The van der Waals surface area contributed by atoms with Crippen molar-refractivity contribution < 1.29 is 4.79 Å². The second-order valence-corrected chi connectivity index (χ2v) is 6.77. The van der Waals surface area contributed by atoms with Gasteiger partial charge in [-0.3, -0.25) is 4.79 Å². The summed E-state index contributed by atoms with van der Waals surface area (Å²) < 4.78 is 0. The fourth-order valence-electron chi connectivity index (χ4n) is 3.51. The zero-order valence-electron chi connectivity index (χ0n) is 14.9. The largest absolute Gasteiger partial charge is 0.356 e. The van der Waals surface area contributed by atoms with E-state index in [1.165, 1.54) is 12.8 Å². The number of hydrogen-bond donors (Lipinski definition) is 0. The first-order chi connectivity index (χ1) is 12.7. The van der Waals surface area contributed by atoms with Gasteiger partial charge in [0.15, 0.2) is 0 Å². The van der Waals surface area contributed by atoms with Gasteiger partial charge in [-0.25, -0.2) is 9.97 Å². The lowest BCUT2D eigenvalue weighted by Gasteiger charge is -2.20. The number of rotatable bonds is 4. The van der Waals surface area contributed by atoms with Gasteiger partial charge in [0.1, 0.15) is 12.1 Å². The highest BCUT2D eigenvalue weighted by Gasteiger charge is 2.19. The molecule has 132 valence electrons. The van der Waals surface area contributed by atoms with Crippen molar-refractivity contribution in [2.24, 2.45) is 0 Å². The van der Waals surface area contributed by atoms with E-state index in [1.54, 1.807) is 11.2 Å². The molecule has 1 saturated heterocycles. The van der Waals surface area contributed by atoms with Crippen molar-refractivity contribution in [1.82, 2.24) is 14.9 Å². The molecule has 2 heterocycles. The number of hydrogen-bond acceptors (Lipinski definition) is 4. The van der Waals surface area contributed by atoms with Gasteiger partial charge < -0.3 is 9.80 Å². The van der Waals surface area contributed by atoms with Gasteiger partial charge in [0.05, 0.1) is 5.52 Å². The van der Waals surface area contributed by atoms with Crippen LogP contribution in [0.5, 0.6) is 0 Å². The van der Waals surface area contributed by atoms with E-state index in [1.807, 2.05) is 55.6 Å². The number of aromatic nitrogens is 2. The molecular weight excluding hydrogens is 324 g/mol. The maximum atomic E-state index is 12.9. The quantitative estimate of drug-likeness (QED) is 0.725. The Morgan fingerprint density at radius 2 is 1.85 bits per heavy atom. The molecule has 3 aromatic rings. The number of anilines is 1. The maximum absolute atomic E-state index is 12.9. The molecule has 2 aromatic carbocycles. The van der Waals surface area contributed by atoms with Gasteiger partial charge in [-0.15, -0.1) is 0 Å². The zero-order valence-corrected chi connectivity index (χ0v) is 14.9. The first-order valence-electron chi connectivity index (χ1n) is 9.01. The SMILES string of the molecule is CN(Cc1ccccc1)C(=O)c1ccc2ncnc(N3CCCC3)c2c1. The van der Waals surface area contributed by atoms with E-state index in [2.05, 4.69) is 14.9 Å². The van der Waals surface area contributed by atoms with Crippen molar-refractivity contribution in [2.45, 2.75) is 19.4 Å². The molecule has 1 aromatic heterocycles. The van der Waals surface area contributed by atoms with Crippen molar-refractivity contribution in [3.05, 3.63) is 66.0 Å². The molecule has 1 amide bonds. The molecule has 1 aliphatic heterocycles. The average molecular weight is 346 g/mol. The summed E-state index contributed by atoms with van der Waals surface area (Å²) in [5.41, 5.74) is 2.67. The molecule has 0 N–H and O–H groups in total. The van der Waals surface area contributed by atoms with Crippen molar-refractivity contribution >= 4 is 22.6 Å². The Labute approximate surface area is 153 Å². The van der Waals surface area contributed by atoms with E-state index < -0.39 is 0 Å². The number of amides is 1. The van der Waals surface area contributed by atoms with Crippen LogP contribution < -0.4 is 4.90 Å². The summed E-state index contributed by atoms with van der Waals surface area (Å²) in [7, 11) is 1.84. The summed E-state index contributed by atoms with van der Waals surface area (Å²) in [6, 6.07) is 15.7. The topological polar surface area (TPSA) is 49.3 Å². The van der Waals surface area contributed by atoms with E-state index in [0.717, 1.165) is 35.4 Å². The fraction of sp³-hybridized carbons (Fsp3) is 0.286. The van der Waals surface area contributed by atoms with Gasteiger partial charge in [-0.2, -0.15) is 0 Å². The lowest BCUT2D eigenvalue weighted by molar-refractivity contribution is 0.0785. The Morgan fingerprint density at radius 1 is 1.08 bits per heavy atom. The Hall–Kier alpha value is -2.95. The summed E-state index contributed by atoms with van der Waals surface area (Å²) in [5.74, 6) is 0.944. The molecular formula is C21H22N4O. The minimum Gasteiger partial charge on any atom is -0.356 e. The molecule has 0 bridgehead atoms. The lowest BCUT2D eigenvalue weighted by Crippen LogP contribution is -2.26. The third-order valence-corrected chi connectivity index (χ3v) is 4.88. The van der Waals surface area contributed by atoms with Crippen molar-refractivity contribution in [2.75, 3.05) is 25.0 Å². The molecule has 0 unspecified atom stereocenters. The Bertz CT molecular complexity index is 920. The van der Waals surface area contributed by atoms with Crippen LogP contribution in [0.2, 0.25) is 0 Å². The van der Waals surface area contributed by atoms with E-state index in [4.69, 9.17) is 0 Å². The van der Waals surface area contributed by atoms with Gasteiger partial charge in [0, 0.05) is 37.6 Å². The van der Waals surface area contributed by atoms with Crippen molar-refractivity contribution in [1.29, 1.82) is 0 Å². The number of benzene rings is 2.